The van der Waals surface area contributed by atoms with Crippen LogP contribution in [0.4, 0.5) is 0 Å². The number of hydrogen-bond acceptors (Lipinski definition) is 4. The Morgan fingerprint density at radius 3 is 2.70 bits per heavy atom. The van der Waals surface area contributed by atoms with Gasteiger partial charge in [0.2, 0.25) is 6.10 Å². The molecule has 23 heavy (non-hydrogen) atoms. The van der Waals surface area contributed by atoms with E-state index in [4.69, 9.17) is 21.1 Å². The fourth-order valence-electron chi connectivity index (χ4n) is 2.11. The molecule has 3 rings (SSSR count). The molecule has 1 unspecified atom stereocenters. The van der Waals surface area contributed by atoms with Gasteiger partial charge < -0.3 is 9.47 Å². The van der Waals surface area contributed by atoms with E-state index in [1.807, 2.05) is 18.2 Å². The van der Waals surface area contributed by atoms with Gasteiger partial charge in [-0.05, 0) is 24.3 Å². The first kappa shape index (κ1) is 15.2. The fourth-order valence-corrected chi connectivity index (χ4v) is 2.30. The average Bonchev–Trinajstić information content (AvgIpc) is 2.59. The van der Waals surface area contributed by atoms with Crippen LogP contribution < -0.4 is 20.3 Å². The van der Waals surface area contributed by atoms with Crippen molar-refractivity contribution in [2.45, 2.75) is 6.10 Å². The molecular weight excluding hydrogens is 316 g/mol. The van der Waals surface area contributed by atoms with Crippen LogP contribution in [0, 0.1) is 0 Å². The minimum atomic E-state index is -0.732. The number of halogens is 1. The smallest absolute Gasteiger partial charge is 0.282 e. The molecule has 1 aliphatic heterocycles. The third-order valence-electron chi connectivity index (χ3n) is 3.31. The molecule has 1 atom stereocenters. The topological polar surface area (TPSA) is 59.6 Å². The van der Waals surface area contributed by atoms with Crippen molar-refractivity contribution in [2.24, 2.45) is 0 Å². The number of fused-ring (bicyclic) bond motifs is 1. The Balaban J connectivity index is 1.57. The molecular formula is C17H15ClN2O3. The quantitative estimate of drug-likeness (QED) is 0.846. The number of nitrogens with one attached hydrogen (secondary N) is 2. The van der Waals surface area contributed by atoms with Crippen LogP contribution in [0.25, 0.3) is 5.70 Å². The lowest BCUT2D eigenvalue weighted by atomic mass is 10.2. The van der Waals surface area contributed by atoms with Crippen LogP contribution in [0.15, 0.2) is 55.1 Å². The van der Waals surface area contributed by atoms with E-state index in [2.05, 4.69) is 17.4 Å². The summed E-state index contributed by atoms with van der Waals surface area (Å²) in [5.74, 6) is 0.836. The van der Waals surface area contributed by atoms with E-state index in [-0.39, 0.29) is 12.5 Å². The Bertz CT molecular complexity index is 748. The first-order valence-corrected chi connectivity index (χ1v) is 7.40. The van der Waals surface area contributed by atoms with E-state index in [0.29, 0.717) is 22.2 Å². The van der Waals surface area contributed by atoms with Gasteiger partial charge in [0.15, 0.2) is 11.5 Å². The first-order chi connectivity index (χ1) is 11.1. The second kappa shape index (κ2) is 6.62. The molecule has 0 aliphatic carbocycles. The molecule has 1 heterocycles. The van der Waals surface area contributed by atoms with Crippen molar-refractivity contribution in [3.63, 3.8) is 0 Å². The largest absolute Gasteiger partial charge is 0.485 e. The molecule has 118 valence electrons. The van der Waals surface area contributed by atoms with Crippen molar-refractivity contribution >= 4 is 23.2 Å². The summed E-state index contributed by atoms with van der Waals surface area (Å²) in [5, 5.41) is 0.595. The normalized spacial score (nSPS) is 15.6. The summed E-state index contributed by atoms with van der Waals surface area (Å²) in [4.78, 5) is 12.2. The Kier molecular flexibility index (Phi) is 4.39. The van der Waals surface area contributed by atoms with Gasteiger partial charge in [0.25, 0.3) is 5.91 Å². The van der Waals surface area contributed by atoms with Gasteiger partial charge in [-0.1, -0.05) is 42.4 Å². The molecule has 2 aromatic rings. The van der Waals surface area contributed by atoms with Crippen LogP contribution in [0.3, 0.4) is 0 Å². The molecule has 6 heteroatoms. The molecule has 0 bridgehead atoms. The summed E-state index contributed by atoms with van der Waals surface area (Å²) in [5.41, 5.74) is 6.63. The molecule has 1 aliphatic rings. The maximum absolute atomic E-state index is 12.2. The number of carbonyl (C=O) groups is 1. The van der Waals surface area contributed by atoms with Gasteiger partial charge in [-0.3, -0.25) is 15.6 Å². The summed E-state index contributed by atoms with van der Waals surface area (Å²) in [7, 11) is 0. The van der Waals surface area contributed by atoms with Crippen LogP contribution >= 0.6 is 11.6 Å². The zero-order valence-corrected chi connectivity index (χ0v) is 13.0. The van der Waals surface area contributed by atoms with E-state index in [1.54, 1.807) is 30.3 Å². The van der Waals surface area contributed by atoms with Crippen molar-refractivity contribution in [1.82, 2.24) is 10.9 Å². The molecule has 0 aromatic heterocycles. The lowest BCUT2D eigenvalue weighted by molar-refractivity contribution is -0.131. The molecule has 1 amide bonds. The third-order valence-corrected chi connectivity index (χ3v) is 3.55. The summed E-state index contributed by atoms with van der Waals surface area (Å²) >= 11 is 5.93. The van der Waals surface area contributed by atoms with Crippen LogP contribution in [0.2, 0.25) is 5.02 Å². The summed E-state index contributed by atoms with van der Waals surface area (Å²) in [6.07, 6.45) is -0.732. The van der Waals surface area contributed by atoms with Crippen LogP contribution in [0.1, 0.15) is 5.56 Å². The number of amides is 1. The van der Waals surface area contributed by atoms with Crippen molar-refractivity contribution in [3.05, 3.63) is 65.7 Å². The number of benzene rings is 2. The summed E-state index contributed by atoms with van der Waals surface area (Å²) < 4.78 is 11.1. The molecule has 0 fully saturated rings. The number of hydrogen-bond donors (Lipinski definition) is 2. The lowest BCUT2D eigenvalue weighted by Gasteiger charge is -2.25. The molecule has 5 nitrogen and oxygen atoms in total. The second-order valence-corrected chi connectivity index (χ2v) is 5.40. The van der Waals surface area contributed by atoms with Crippen molar-refractivity contribution in [2.75, 3.05) is 6.61 Å². The van der Waals surface area contributed by atoms with E-state index in [9.17, 15) is 4.79 Å². The average molecular weight is 331 g/mol. The zero-order chi connectivity index (χ0) is 16.2. The molecule has 0 radical (unpaired) electrons. The Labute approximate surface area is 138 Å². The van der Waals surface area contributed by atoms with Crippen molar-refractivity contribution in [3.8, 4) is 11.5 Å². The highest BCUT2D eigenvalue weighted by Crippen LogP contribution is 2.30. The van der Waals surface area contributed by atoms with Gasteiger partial charge in [-0.25, -0.2) is 0 Å². The first-order valence-electron chi connectivity index (χ1n) is 7.02. The number of hydrazine groups is 1. The van der Waals surface area contributed by atoms with Crippen molar-refractivity contribution < 1.29 is 14.3 Å². The van der Waals surface area contributed by atoms with Gasteiger partial charge in [0.05, 0.1) is 5.70 Å². The summed E-state index contributed by atoms with van der Waals surface area (Å²) in [6.45, 7) is 4.01. The molecule has 2 N–H and O–H groups in total. The van der Waals surface area contributed by atoms with E-state index >= 15 is 0 Å². The Morgan fingerprint density at radius 1 is 1.13 bits per heavy atom. The molecule has 0 saturated carbocycles. The number of rotatable bonds is 4. The van der Waals surface area contributed by atoms with Crippen LogP contribution in [0.5, 0.6) is 11.5 Å². The van der Waals surface area contributed by atoms with E-state index in [1.165, 1.54) is 0 Å². The minimum absolute atomic E-state index is 0.147. The highest BCUT2D eigenvalue weighted by molar-refractivity contribution is 6.30. The molecule has 0 spiro atoms. The maximum atomic E-state index is 12.2. The predicted molar refractivity (Wildman–Crippen MR) is 88.1 cm³/mol. The van der Waals surface area contributed by atoms with Gasteiger partial charge in [-0.2, -0.15) is 0 Å². The van der Waals surface area contributed by atoms with E-state index in [0.717, 1.165) is 5.56 Å². The van der Waals surface area contributed by atoms with Crippen LogP contribution in [-0.2, 0) is 4.79 Å². The molecule has 2 aromatic carbocycles. The van der Waals surface area contributed by atoms with E-state index < -0.39 is 6.10 Å². The fraction of sp³-hybridized carbons (Fsp3) is 0.118. The minimum Gasteiger partial charge on any atom is -0.485 e. The number of carbonyl (C=O) groups excluding carboxylic acids is 1. The van der Waals surface area contributed by atoms with Gasteiger partial charge in [-0.15, -0.1) is 0 Å². The lowest BCUT2D eigenvalue weighted by Crippen LogP contribution is -2.48. The molecule has 0 saturated heterocycles. The maximum Gasteiger partial charge on any atom is 0.282 e. The number of ether oxygens (including phenoxy) is 2. The summed E-state index contributed by atoms with van der Waals surface area (Å²) in [6, 6.07) is 14.4. The Hall–Kier alpha value is -2.66. The van der Waals surface area contributed by atoms with Gasteiger partial charge >= 0.3 is 0 Å². The monoisotopic (exact) mass is 330 g/mol. The highest BCUT2D eigenvalue weighted by atomic mass is 35.5. The Morgan fingerprint density at radius 2 is 1.91 bits per heavy atom. The third kappa shape index (κ3) is 3.57. The highest BCUT2D eigenvalue weighted by Gasteiger charge is 2.27. The standard InChI is InChI=1S/C17H15ClN2O3/c1-11(12-5-4-6-13(18)9-12)19-20-17(21)16-10-22-14-7-2-3-8-15(14)23-16/h2-9,16,19H,1,10H2,(H,20,21). The zero-order valence-electron chi connectivity index (χ0n) is 12.2. The van der Waals surface area contributed by atoms with Gasteiger partial charge in [0.1, 0.15) is 6.61 Å². The van der Waals surface area contributed by atoms with Gasteiger partial charge in [0, 0.05) is 10.6 Å². The number of para-hydroxylation sites is 2. The SMILES string of the molecule is C=C(NNC(=O)C1COc2ccccc2O1)c1cccc(Cl)c1. The predicted octanol–water partition coefficient (Wildman–Crippen LogP) is 2.77. The van der Waals surface area contributed by atoms with Crippen LogP contribution in [-0.4, -0.2) is 18.6 Å². The second-order valence-electron chi connectivity index (χ2n) is 4.97. The van der Waals surface area contributed by atoms with Crippen molar-refractivity contribution in [1.29, 1.82) is 0 Å².